The fourth-order valence-corrected chi connectivity index (χ4v) is 0.0511. The van der Waals surface area contributed by atoms with Crippen molar-refractivity contribution in [1.29, 1.82) is 0 Å². The van der Waals surface area contributed by atoms with Gasteiger partial charge in [-0.25, -0.2) is 9.18 Å². The summed E-state index contributed by atoms with van der Waals surface area (Å²) in [4.78, 5) is 9.24. The monoisotopic (exact) mass is 111 g/mol. The van der Waals surface area contributed by atoms with Crippen LogP contribution in [0.4, 0.5) is 13.7 Å². The van der Waals surface area contributed by atoms with E-state index in [1.165, 1.54) is 0 Å². The molecule has 3 nitrogen and oxygen atoms in total. The van der Waals surface area contributed by atoms with Crippen molar-refractivity contribution in [3.05, 3.63) is 0 Å². The summed E-state index contributed by atoms with van der Waals surface area (Å²) in [7, 11) is 0. The molecule has 42 valence electrons. The van der Waals surface area contributed by atoms with Crippen molar-refractivity contribution in [2.75, 3.05) is 6.80 Å². The van der Waals surface area contributed by atoms with Gasteiger partial charge in [0.2, 0.25) is 0 Å². The lowest BCUT2D eigenvalue weighted by molar-refractivity contribution is -0.0000168. The summed E-state index contributed by atoms with van der Waals surface area (Å²) >= 11 is 0. The molecular formula is C2H3F2NO2. The van der Waals surface area contributed by atoms with Crippen molar-refractivity contribution in [1.82, 2.24) is 5.12 Å². The minimum Gasteiger partial charge on any atom is -0.463 e. The summed E-state index contributed by atoms with van der Waals surface area (Å²) in [6, 6.07) is 0. The highest BCUT2D eigenvalue weighted by atomic mass is 19.2. The lowest BCUT2D eigenvalue weighted by Gasteiger charge is -1.96. The van der Waals surface area contributed by atoms with E-state index in [1.54, 1.807) is 0 Å². The van der Waals surface area contributed by atoms with Crippen LogP contribution in [0.2, 0.25) is 0 Å². The number of hydrogen-bond donors (Lipinski definition) is 1. The highest BCUT2D eigenvalue weighted by Gasteiger charge is 2.06. The average molecular weight is 111 g/mol. The molecule has 0 aromatic heterocycles. The molecule has 0 atom stereocenters. The Bertz CT molecular complexity index is 76.1. The molecule has 0 rings (SSSR count). The van der Waals surface area contributed by atoms with Crippen LogP contribution in [0.1, 0.15) is 0 Å². The van der Waals surface area contributed by atoms with Gasteiger partial charge in [-0.05, 0) is 0 Å². The van der Waals surface area contributed by atoms with Gasteiger partial charge in [-0.15, -0.1) is 5.12 Å². The van der Waals surface area contributed by atoms with E-state index in [0.717, 1.165) is 0 Å². The lowest BCUT2D eigenvalue weighted by Crippen LogP contribution is -2.18. The molecule has 5 heteroatoms. The van der Waals surface area contributed by atoms with Crippen LogP contribution in [0.15, 0.2) is 0 Å². The summed E-state index contributed by atoms with van der Waals surface area (Å²) in [5, 5.41) is 6.53. The highest BCUT2D eigenvalue weighted by molar-refractivity contribution is 5.63. The lowest BCUT2D eigenvalue weighted by atomic mass is 11.1. The Labute approximate surface area is 38.1 Å². The van der Waals surface area contributed by atoms with Gasteiger partial charge in [-0.2, -0.15) is 0 Å². The van der Waals surface area contributed by atoms with E-state index in [0.29, 0.717) is 0 Å². The third-order valence-corrected chi connectivity index (χ3v) is 0.312. The van der Waals surface area contributed by atoms with E-state index in [2.05, 4.69) is 0 Å². The van der Waals surface area contributed by atoms with Crippen LogP contribution in [-0.4, -0.2) is 23.1 Å². The predicted molar refractivity (Wildman–Crippen MR) is 16.9 cm³/mol. The van der Waals surface area contributed by atoms with Crippen LogP contribution in [0, 0.1) is 0 Å². The van der Waals surface area contributed by atoms with Crippen LogP contribution in [0.5, 0.6) is 0 Å². The van der Waals surface area contributed by atoms with E-state index in [4.69, 9.17) is 5.11 Å². The summed E-state index contributed by atoms with van der Waals surface area (Å²) in [5.74, 6) is 0. The van der Waals surface area contributed by atoms with Crippen molar-refractivity contribution in [3.63, 3.8) is 0 Å². The Balaban J connectivity index is 3.34. The second-order valence-electron chi connectivity index (χ2n) is 0.764. The summed E-state index contributed by atoms with van der Waals surface area (Å²) in [6.45, 7) is -1.62. The van der Waals surface area contributed by atoms with Crippen LogP contribution in [0.25, 0.3) is 0 Å². The molecule has 0 saturated heterocycles. The molecule has 0 bridgehead atoms. The maximum atomic E-state index is 11.1. The first-order chi connectivity index (χ1) is 3.18. The molecule has 0 saturated carbocycles. The van der Waals surface area contributed by atoms with Gasteiger partial charge in [0, 0.05) is 0 Å². The quantitative estimate of drug-likeness (QED) is 0.401. The zero-order chi connectivity index (χ0) is 5.86. The third kappa shape index (κ3) is 1.91. The van der Waals surface area contributed by atoms with Gasteiger partial charge in [-0.3, -0.25) is 0 Å². The molecule has 0 spiro atoms. The van der Waals surface area contributed by atoms with Crippen molar-refractivity contribution >= 4 is 6.09 Å². The largest absolute Gasteiger partial charge is 0.463 e. The summed E-state index contributed by atoms with van der Waals surface area (Å²) < 4.78 is 21.9. The van der Waals surface area contributed by atoms with Crippen LogP contribution in [-0.2, 0) is 0 Å². The Morgan fingerprint density at radius 2 is 2.29 bits per heavy atom. The number of carboxylic acid groups (broad SMARTS) is 1. The van der Waals surface area contributed by atoms with Crippen LogP contribution >= 0.6 is 0 Å². The molecule has 0 unspecified atom stereocenters. The van der Waals surface area contributed by atoms with E-state index >= 15 is 0 Å². The number of hydrogen-bond acceptors (Lipinski definition) is 1. The van der Waals surface area contributed by atoms with E-state index < -0.39 is 18.0 Å². The van der Waals surface area contributed by atoms with Crippen molar-refractivity contribution in [2.24, 2.45) is 0 Å². The Morgan fingerprint density at radius 1 is 1.86 bits per heavy atom. The van der Waals surface area contributed by atoms with Crippen LogP contribution in [0.3, 0.4) is 0 Å². The zero-order valence-electron chi connectivity index (χ0n) is 3.27. The SMILES string of the molecule is O=C(O)N(F)CF. The summed E-state index contributed by atoms with van der Waals surface area (Å²) in [6.07, 6.45) is -1.91. The van der Waals surface area contributed by atoms with Gasteiger partial charge < -0.3 is 5.11 Å². The first kappa shape index (κ1) is 6.13. The topological polar surface area (TPSA) is 40.5 Å². The van der Waals surface area contributed by atoms with E-state index in [9.17, 15) is 13.7 Å². The molecule has 0 fully saturated rings. The predicted octanol–water partition coefficient (Wildman–Crippen LogP) is 0.778. The zero-order valence-corrected chi connectivity index (χ0v) is 3.27. The molecular weight excluding hydrogens is 108 g/mol. The van der Waals surface area contributed by atoms with E-state index in [1.807, 2.05) is 0 Å². The van der Waals surface area contributed by atoms with Gasteiger partial charge >= 0.3 is 6.09 Å². The number of carbonyl (C=O) groups is 1. The third-order valence-electron chi connectivity index (χ3n) is 0.312. The molecule has 1 amide bonds. The molecule has 0 aromatic carbocycles. The Kier molecular flexibility index (Phi) is 2.04. The smallest absolute Gasteiger partial charge is 0.438 e. The first-order valence-electron chi connectivity index (χ1n) is 1.40. The normalized spacial score (nSPS) is 8.29. The highest BCUT2D eigenvalue weighted by Crippen LogP contribution is 1.87. The minimum atomic E-state index is -1.91. The molecule has 0 aliphatic heterocycles. The van der Waals surface area contributed by atoms with Crippen molar-refractivity contribution < 1.29 is 18.8 Å². The number of nitrogens with zero attached hydrogens (tertiary/aromatic N) is 1. The van der Waals surface area contributed by atoms with Crippen molar-refractivity contribution in [2.45, 2.75) is 0 Å². The maximum Gasteiger partial charge on any atom is 0.438 e. The molecule has 0 aliphatic carbocycles. The standard InChI is InChI=1S/C2H3F2NO2/c3-1-5(4)2(6)7/h1H2,(H,6,7). The molecule has 7 heavy (non-hydrogen) atoms. The van der Waals surface area contributed by atoms with Crippen LogP contribution < -0.4 is 0 Å². The molecule has 0 aliphatic rings. The van der Waals surface area contributed by atoms with Gasteiger partial charge in [-0.1, -0.05) is 4.48 Å². The van der Waals surface area contributed by atoms with E-state index in [-0.39, 0.29) is 0 Å². The molecule has 0 aromatic rings. The second kappa shape index (κ2) is 2.33. The van der Waals surface area contributed by atoms with Crippen molar-refractivity contribution in [3.8, 4) is 0 Å². The molecule has 0 radical (unpaired) electrons. The number of rotatable bonds is 1. The number of halogens is 2. The minimum absolute atomic E-state index is 0.958. The number of amides is 1. The molecule has 0 heterocycles. The molecule has 1 N–H and O–H groups in total. The Morgan fingerprint density at radius 3 is 2.29 bits per heavy atom. The maximum absolute atomic E-state index is 11.1. The number of alkyl halides is 1. The second-order valence-corrected chi connectivity index (χ2v) is 0.764. The van der Waals surface area contributed by atoms with Gasteiger partial charge in [0.1, 0.15) is 0 Å². The fourth-order valence-electron chi connectivity index (χ4n) is 0.0511. The Hall–Kier alpha value is -0.870. The van der Waals surface area contributed by atoms with Gasteiger partial charge in [0.05, 0.1) is 0 Å². The average Bonchev–Trinajstić information content (AvgIpc) is 1.65. The first-order valence-corrected chi connectivity index (χ1v) is 1.40. The fraction of sp³-hybridized carbons (Fsp3) is 0.500. The van der Waals surface area contributed by atoms with Gasteiger partial charge in [0.15, 0.2) is 6.80 Å². The van der Waals surface area contributed by atoms with Gasteiger partial charge in [0.25, 0.3) is 0 Å². The summed E-state index contributed by atoms with van der Waals surface area (Å²) in [5.41, 5.74) is 0.